The van der Waals surface area contributed by atoms with Gasteiger partial charge in [-0.2, -0.15) is 10.4 Å². The average molecular weight is 290 g/mol. The van der Waals surface area contributed by atoms with Crippen molar-refractivity contribution in [1.29, 1.82) is 5.26 Å². The van der Waals surface area contributed by atoms with E-state index in [1.807, 2.05) is 35.0 Å². The average Bonchev–Trinajstić information content (AvgIpc) is 2.97. The largest absolute Gasteiger partial charge is 0.326 e. The summed E-state index contributed by atoms with van der Waals surface area (Å²) in [4.78, 5) is 12.0. The van der Waals surface area contributed by atoms with Crippen molar-refractivity contribution < 1.29 is 4.79 Å². The van der Waals surface area contributed by atoms with Crippen LogP contribution in [-0.4, -0.2) is 15.7 Å². The molecule has 1 aromatic heterocycles. The zero-order valence-electron chi connectivity index (χ0n) is 11.9. The van der Waals surface area contributed by atoms with E-state index in [1.165, 1.54) is 0 Å². The van der Waals surface area contributed by atoms with Gasteiger partial charge < -0.3 is 5.32 Å². The van der Waals surface area contributed by atoms with Crippen LogP contribution in [0.4, 0.5) is 5.69 Å². The summed E-state index contributed by atoms with van der Waals surface area (Å²) in [5, 5.41) is 16.9. The van der Waals surface area contributed by atoms with Crippen molar-refractivity contribution in [1.82, 2.24) is 9.78 Å². The van der Waals surface area contributed by atoms with Crippen LogP contribution >= 0.6 is 0 Å². The van der Waals surface area contributed by atoms with Gasteiger partial charge in [0.2, 0.25) is 5.91 Å². The first-order chi connectivity index (χ1) is 10.8. The number of benzene rings is 2. The van der Waals surface area contributed by atoms with Crippen LogP contribution in [0.3, 0.4) is 0 Å². The lowest BCUT2D eigenvalue weighted by molar-refractivity contribution is -0.116. The van der Waals surface area contributed by atoms with Crippen LogP contribution in [0.2, 0.25) is 0 Å². The normalized spacial score (nSPS) is 10.3. The molecule has 0 bridgehead atoms. The first kappa shape index (κ1) is 13.8. The van der Waals surface area contributed by atoms with Crippen LogP contribution < -0.4 is 5.32 Å². The molecule has 1 N–H and O–H groups in total. The first-order valence-electron chi connectivity index (χ1n) is 6.97. The number of para-hydroxylation sites is 1. The Kier molecular flexibility index (Phi) is 3.84. The van der Waals surface area contributed by atoms with E-state index < -0.39 is 0 Å². The number of amides is 1. The zero-order valence-corrected chi connectivity index (χ0v) is 11.9. The minimum absolute atomic E-state index is 0.0794. The molecular formula is C17H14N4O. The van der Waals surface area contributed by atoms with E-state index in [-0.39, 0.29) is 5.91 Å². The summed E-state index contributed by atoms with van der Waals surface area (Å²) in [7, 11) is 0. The number of hydrogen-bond donors (Lipinski definition) is 1. The van der Waals surface area contributed by atoms with Crippen LogP contribution in [0.1, 0.15) is 12.0 Å². The lowest BCUT2D eigenvalue weighted by Gasteiger charge is -2.06. The maximum Gasteiger partial charge on any atom is 0.226 e. The minimum Gasteiger partial charge on any atom is -0.326 e. The Hall–Kier alpha value is -3.13. The number of nitrogens with one attached hydrogen (secondary N) is 1. The topological polar surface area (TPSA) is 70.7 Å². The van der Waals surface area contributed by atoms with Gasteiger partial charge >= 0.3 is 0 Å². The van der Waals surface area contributed by atoms with E-state index in [1.54, 1.807) is 30.5 Å². The lowest BCUT2D eigenvalue weighted by Crippen LogP contribution is -2.14. The van der Waals surface area contributed by atoms with Crippen molar-refractivity contribution in [3.8, 4) is 6.07 Å². The number of anilines is 1. The summed E-state index contributed by atoms with van der Waals surface area (Å²) < 4.78 is 1.83. The maximum atomic E-state index is 12.0. The van der Waals surface area contributed by atoms with Gasteiger partial charge in [-0.15, -0.1) is 0 Å². The number of carbonyl (C=O) groups is 1. The summed E-state index contributed by atoms with van der Waals surface area (Å²) in [5.41, 5.74) is 2.28. The second-order valence-corrected chi connectivity index (χ2v) is 4.91. The maximum absolute atomic E-state index is 12.0. The molecule has 2 aromatic carbocycles. The highest BCUT2D eigenvalue weighted by atomic mass is 16.1. The van der Waals surface area contributed by atoms with Gasteiger partial charge in [-0.25, -0.2) is 0 Å². The molecule has 0 saturated heterocycles. The van der Waals surface area contributed by atoms with Gasteiger partial charge in [0, 0.05) is 17.5 Å². The Bertz CT molecular complexity index is 843. The van der Waals surface area contributed by atoms with E-state index in [9.17, 15) is 4.79 Å². The van der Waals surface area contributed by atoms with E-state index in [2.05, 4.69) is 10.4 Å². The molecular weight excluding hydrogens is 276 g/mol. The van der Waals surface area contributed by atoms with Gasteiger partial charge in [0.1, 0.15) is 0 Å². The molecule has 3 aromatic rings. The molecule has 0 saturated carbocycles. The molecule has 22 heavy (non-hydrogen) atoms. The van der Waals surface area contributed by atoms with Crippen molar-refractivity contribution in [3.05, 3.63) is 60.3 Å². The second-order valence-electron chi connectivity index (χ2n) is 4.91. The zero-order chi connectivity index (χ0) is 15.4. The van der Waals surface area contributed by atoms with Crippen molar-refractivity contribution in [2.24, 2.45) is 0 Å². The Morgan fingerprint density at radius 2 is 1.95 bits per heavy atom. The fourth-order valence-corrected chi connectivity index (χ4v) is 2.26. The van der Waals surface area contributed by atoms with E-state index in [0.717, 1.165) is 10.9 Å². The molecule has 108 valence electrons. The lowest BCUT2D eigenvalue weighted by atomic mass is 10.2. The molecule has 0 radical (unpaired) electrons. The van der Waals surface area contributed by atoms with Gasteiger partial charge in [0.05, 0.1) is 29.9 Å². The summed E-state index contributed by atoms with van der Waals surface area (Å²) in [6.45, 7) is 0.523. The predicted molar refractivity (Wildman–Crippen MR) is 84.1 cm³/mol. The number of aryl methyl sites for hydroxylation is 1. The van der Waals surface area contributed by atoms with Crippen molar-refractivity contribution in [3.63, 3.8) is 0 Å². The van der Waals surface area contributed by atoms with E-state index in [0.29, 0.717) is 24.2 Å². The SMILES string of the molecule is N#Cc1ccc(NC(=O)CCn2ncc3ccccc32)cc1. The fraction of sp³-hybridized carbons (Fsp3) is 0.118. The fourth-order valence-electron chi connectivity index (χ4n) is 2.26. The highest BCUT2D eigenvalue weighted by Gasteiger charge is 2.06. The van der Waals surface area contributed by atoms with E-state index >= 15 is 0 Å². The molecule has 3 rings (SSSR count). The standard InChI is InChI=1S/C17H14N4O/c18-11-13-5-7-15(8-6-13)20-17(22)9-10-21-16-4-2-1-3-14(16)12-19-21/h1-8,12H,9-10H2,(H,20,22). The first-order valence-corrected chi connectivity index (χ1v) is 6.97. The van der Waals surface area contributed by atoms with Crippen LogP contribution in [0, 0.1) is 11.3 Å². The molecule has 0 unspecified atom stereocenters. The quantitative estimate of drug-likeness (QED) is 0.803. The molecule has 1 heterocycles. The molecule has 1 amide bonds. The number of fused-ring (bicyclic) bond motifs is 1. The number of aromatic nitrogens is 2. The molecule has 5 nitrogen and oxygen atoms in total. The Morgan fingerprint density at radius 1 is 1.18 bits per heavy atom. The van der Waals surface area contributed by atoms with Crippen LogP contribution in [0.5, 0.6) is 0 Å². The highest BCUT2D eigenvalue weighted by Crippen LogP contribution is 2.13. The Morgan fingerprint density at radius 3 is 2.73 bits per heavy atom. The number of hydrogen-bond acceptors (Lipinski definition) is 3. The van der Waals surface area contributed by atoms with Crippen molar-refractivity contribution >= 4 is 22.5 Å². The van der Waals surface area contributed by atoms with Gasteiger partial charge in [-0.3, -0.25) is 9.48 Å². The molecule has 0 spiro atoms. The van der Waals surface area contributed by atoms with Gasteiger partial charge in [0.15, 0.2) is 0 Å². The predicted octanol–water partition coefficient (Wildman–Crippen LogP) is 2.94. The Labute approximate surface area is 127 Å². The molecule has 0 aliphatic carbocycles. The van der Waals surface area contributed by atoms with Gasteiger partial charge in [0.25, 0.3) is 0 Å². The summed E-state index contributed by atoms with van der Waals surface area (Å²) in [5.74, 6) is -0.0794. The number of carbonyl (C=O) groups excluding carboxylic acids is 1. The number of nitrogens with zero attached hydrogens (tertiary/aromatic N) is 3. The van der Waals surface area contributed by atoms with Crippen molar-refractivity contribution in [2.45, 2.75) is 13.0 Å². The van der Waals surface area contributed by atoms with E-state index in [4.69, 9.17) is 5.26 Å². The summed E-state index contributed by atoms with van der Waals surface area (Å²) in [6.07, 6.45) is 2.14. The van der Waals surface area contributed by atoms with Crippen molar-refractivity contribution in [2.75, 3.05) is 5.32 Å². The summed E-state index contributed by atoms with van der Waals surface area (Å²) >= 11 is 0. The Balaban J connectivity index is 1.61. The molecule has 0 atom stereocenters. The van der Waals surface area contributed by atoms with Crippen LogP contribution in [-0.2, 0) is 11.3 Å². The highest BCUT2D eigenvalue weighted by molar-refractivity contribution is 5.90. The third kappa shape index (κ3) is 2.96. The molecule has 5 heteroatoms. The minimum atomic E-state index is -0.0794. The second kappa shape index (κ2) is 6.10. The van der Waals surface area contributed by atoms with Crippen LogP contribution in [0.25, 0.3) is 10.9 Å². The molecule has 0 aliphatic rings. The monoisotopic (exact) mass is 290 g/mol. The third-order valence-corrected chi connectivity index (χ3v) is 3.40. The molecule has 0 fully saturated rings. The number of rotatable bonds is 4. The smallest absolute Gasteiger partial charge is 0.226 e. The molecule has 0 aliphatic heterocycles. The van der Waals surface area contributed by atoms with Gasteiger partial charge in [-0.05, 0) is 30.3 Å². The number of nitriles is 1. The van der Waals surface area contributed by atoms with Gasteiger partial charge in [-0.1, -0.05) is 18.2 Å². The summed E-state index contributed by atoms with van der Waals surface area (Å²) in [6, 6.07) is 16.7. The third-order valence-electron chi connectivity index (χ3n) is 3.40. The van der Waals surface area contributed by atoms with Crippen LogP contribution in [0.15, 0.2) is 54.7 Å².